The number of aryl methyl sites for hydroxylation is 1. The largest absolute Gasteiger partial charge is 0.348 e. The molecule has 0 heterocycles. The number of hydrogen-bond donors (Lipinski definition) is 1. The monoisotopic (exact) mass is 331 g/mol. The Morgan fingerprint density at radius 1 is 1.00 bits per heavy atom. The summed E-state index contributed by atoms with van der Waals surface area (Å²) in [5.41, 5.74) is 2.31. The van der Waals surface area contributed by atoms with E-state index in [1.165, 1.54) is 5.56 Å². The zero-order valence-electron chi connectivity index (χ0n) is 11.3. The van der Waals surface area contributed by atoms with Crippen LogP contribution in [0.3, 0.4) is 0 Å². The van der Waals surface area contributed by atoms with Crippen LogP contribution in [0, 0.1) is 0 Å². The molecule has 2 nitrogen and oxygen atoms in total. The molecule has 0 aliphatic rings. The maximum Gasteiger partial charge on any atom is 0.220 e. The number of amides is 1. The number of carbonyl (C=O) groups excluding carboxylic acids is 1. The lowest BCUT2D eigenvalue weighted by Crippen LogP contribution is -2.29. The standard InChI is InChI=1S/C17H18BrNO/c18-13-16(15-9-5-2-6-10-15)19-17(20)12-11-14-7-3-1-4-8-14/h1-10,16H,11-13H2,(H,19,20). The van der Waals surface area contributed by atoms with Gasteiger partial charge in [0.2, 0.25) is 5.91 Å². The molecule has 104 valence electrons. The fraction of sp³-hybridized carbons (Fsp3) is 0.235. The van der Waals surface area contributed by atoms with Crippen molar-refractivity contribution in [1.29, 1.82) is 0 Å². The minimum absolute atomic E-state index is 0.0273. The zero-order chi connectivity index (χ0) is 14.2. The normalized spacial score (nSPS) is 11.8. The molecule has 0 radical (unpaired) electrons. The molecule has 0 saturated heterocycles. The molecule has 0 aliphatic heterocycles. The molecule has 1 N–H and O–H groups in total. The number of alkyl halides is 1. The van der Waals surface area contributed by atoms with Crippen LogP contribution in [0.15, 0.2) is 60.7 Å². The highest BCUT2D eigenvalue weighted by Crippen LogP contribution is 2.15. The van der Waals surface area contributed by atoms with Gasteiger partial charge >= 0.3 is 0 Å². The summed E-state index contributed by atoms with van der Waals surface area (Å²) in [4.78, 5) is 12.0. The van der Waals surface area contributed by atoms with Crippen LogP contribution in [-0.2, 0) is 11.2 Å². The van der Waals surface area contributed by atoms with Crippen LogP contribution in [0.25, 0.3) is 0 Å². The van der Waals surface area contributed by atoms with Gasteiger partial charge in [-0.2, -0.15) is 0 Å². The van der Waals surface area contributed by atoms with Gasteiger partial charge in [-0.1, -0.05) is 76.6 Å². The summed E-state index contributed by atoms with van der Waals surface area (Å²) in [5, 5.41) is 3.78. The lowest BCUT2D eigenvalue weighted by molar-refractivity contribution is -0.121. The van der Waals surface area contributed by atoms with Gasteiger partial charge in [-0.3, -0.25) is 4.79 Å². The fourth-order valence-electron chi connectivity index (χ4n) is 2.07. The Balaban J connectivity index is 1.87. The van der Waals surface area contributed by atoms with E-state index in [0.29, 0.717) is 11.8 Å². The highest BCUT2D eigenvalue weighted by molar-refractivity contribution is 9.09. The molecule has 0 aliphatic carbocycles. The summed E-state index contributed by atoms with van der Waals surface area (Å²) >= 11 is 3.46. The van der Waals surface area contributed by atoms with Gasteiger partial charge in [-0.25, -0.2) is 0 Å². The van der Waals surface area contributed by atoms with Crippen molar-refractivity contribution in [3.8, 4) is 0 Å². The summed E-state index contributed by atoms with van der Waals surface area (Å²) in [5.74, 6) is 0.0853. The number of nitrogens with one attached hydrogen (secondary N) is 1. The first-order valence-corrected chi connectivity index (χ1v) is 7.86. The van der Waals surface area contributed by atoms with Crippen molar-refractivity contribution in [2.45, 2.75) is 18.9 Å². The van der Waals surface area contributed by atoms with Gasteiger partial charge in [0.25, 0.3) is 0 Å². The van der Waals surface area contributed by atoms with Gasteiger partial charge in [0.15, 0.2) is 0 Å². The molecule has 1 amide bonds. The fourth-order valence-corrected chi connectivity index (χ4v) is 2.60. The van der Waals surface area contributed by atoms with Gasteiger partial charge in [-0.15, -0.1) is 0 Å². The Morgan fingerprint density at radius 2 is 1.60 bits per heavy atom. The lowest BCUT2D eigenvalue weighted by atomic mass is 10.1. The maximum atomic E-state index is 12.0. The van der Waals surface area contributed by atoms with Gasteiger partial charge in [0, 0.05) is 11.8 Å². The molecule has 1 atom stereocenters. The summed E-state index contributed by atoms with van der Waals surface area (Å²) < 4.78 is 0. The van der Waals surface area contributed by atoms with Crippen LogP contribution in [-0.4, -0.2) is 11.2 Å². The van der Waals surface area contributed by atoms with Crippen molar-refractivity contribution in [1.82, 2.24) is 5.32 Å². The average molecular weight is 332 g/mol. The van der Waals surface area contributed by atoms with Crippen LogP contribution in [0.1, 0.15) is 23.6 Å². The molecule has 0 spiro atoms. The van der Waals surface area contributed by atoms with E-state index in [-0.39, 0.29) is 11.9 Å². The number of hydrogen-bond acceptors (Lipinski definition) is 1. The molecule has 1 unspecified atom stereocenters. The maximum absolute atomic E-state index is 12.0. The Labute approximate surface area is 128 Å². The second kappa shape index (κ2) is 7.85. The number of carbonyl (C=O) groups is 1. The SMILES string of the molecule is O=C(CCc1ccccc1)NC(CBr)c1ccccc1. The van der Waals surface area contributed by atoms with Crippen molar-refractivity contribution < 1.29 is 4.79 Å². The second-order valence-electron chi connectivity index (χ2n) is 4.67. The summed E-state index contributed by atoms with van der Waals surface area (Å²) in [6.45, 7) is 0. The van der Waals surface area contributed by atoms with E-state index in [0.717, 1.165) is 12.0 Å². The number of halogens is 1. The van der Waals surface area contributed by atoms with Gasteiger partial charge < -0.3 is 5.32 Å². The summed E-state index contributed by atoms with van der Waals surface area (Å²) in [7, 11) is 0. The average Bonchev–Trinajstić information content (AvgIpc) is 2.52. The number of rotatable bonds is 6. The van der Waals surface area contributed by atoms with Crippen molar-refractivity contribution in [3.05, 3.63) is 71.8 Å². The Morgan fingerprint density at radius 3 is 2.20 bits per heavy atom. The third-order valence-corrected chi connectivity index (χ3v) is 3.82. The van der Waals surface area contributed by atoms with Crippen LogP contribution in [0.5, 0.6) is 0 Å². The molecule has 2 aromatic carbocycles. The van der Waals surface area contributed by atoms with Crippen molar-refractivity contribution >= 4 is 21.8 Å². The molecular formula is C17H18BrNO. The molecule has 20 heavy (non-hydrogen) atoms. The molecule has 0 saturated carbocycles. The highest BCUT2D eigenvalue weighted by Gasteiger charge is 2.12. The van der Waals surface area contributed by atoms with E-state index in [4.69, 9.17) is 0 Å². The first kappa shape index (κ1) is 14.8. The quantitative estimate of drug-likeness (QED) is 0.800. The van der Waals surface area contributed by atoms with Gasteiger partial charge in [-0.05, 0) is 17.5 Å². The second-order valence-corrected chi connectivity index (χ2v) is 5.32. The van der Waals surface area contributed by atoms with Crippen LogP contribution in [0.4, 0.5) is 0 Å². The van der Waals surface area contributed by atoms with Gasteiger partial charge in [0.05, 0.1) is 6.04 Å². The van der Waals surface area contributed by atoms with Crippen LogP contribution >= 0.6 is 15.9 Å². The first-order valence-electron chi connectivity index (χ1n) is 6.74. The zero-order valence-corrected chi connectivity index (χ0v) is 12.8. The predicted octanol–water partition coefficient (Wildman–Crippen LogP) is 3.87. The van der Waals surface area contributed by atoms with Crippen LogP contribution < -0.4 is 5.32 Å². The van der Waals surface area contributed by atoms with Crippen molar-refractivity contribution in [2.24, 2.45) is 0 Å². The Kier molecular flexibility index (Phi) is 5.81. The third kappa shape index (κ3) is 4.49. The smallest absolute Gasteiger partial charge is 0.220 e. The molecule has 2 aromatic rings. The molecule has 0 aromatic heterocycles. The van der Waals surface area contributed by atoms with E-state index in [9.17, 15) is 4.79 Å². The third-order valence-electron chi connectivity index (χ3n) is 3.18. The van der Waals surface area contributed by atoms with E-state index < -0.39 is 0 Å². The summed E-state index contributed by atoms with van der Waals surface area (Å²) in [6.07, 6.45) is 1.29. The topological polar surface area (TPSA) is 29.1 Å². The predicted molar refractivity (Wildman–Crippen MR) is 85.9 cm³/mol. The first-order chi connectivity index (χ1) is 9.79. The minimum Gasteiger partial charge on any atom is -0.348 e. The summed E-state index contributed by atoms with van der Waals surface area (Å²) in [6, 6.07) is 20.1. The minimum atomic E-state index is 0.0273. The molecular weight excluding hydrogens is 314 g/mol. The van der Waals surface area contributed by atoms with E-state index in [1.54, 1.807) is 0 Å². The molecule has 0 bridgehead atoms. The Bertz CT molecular complexity index is 527. The van der Waals surface area contributed by atoms with E-state index in [2.05, 4.69) is 21.2 Å². The van der Waals surface area contributed by atoms with Crippen LogP contribution in [0.2, 0.25) is 0 Å². The number of benzene rings is 2. The van der Waals surface area contributed by atoms with E-state index >= 15 is 0 Å². The molecule has 2 rings (SSSR count). The lowest BCUT2D eigenvalue weighted by Gasteiger charge is -2.16. The molecule has 0 fully saturated rings. The Hall–Kier alpha value is -1.61. The van der Waals surface area contributed by atoms with E-state index in [1.807, 2.05) is 60.7 Å². The highest BCUT2D eigenvalue weighted by atomic mass is 79.9. The van der Waals surface area contributed by atoms with Crippen molar-refractivity contribution in [2.75, 3.05) is 5.33 Å². The van der Waals surface area contributed by atoms with Crippen molar-refractivity contribution in [3.63, 3.8) is 0 Å². The molecule has 3 heteroatoms. The van der Waals surface area contributed by atoms with Gasteiger partial charge in [0.1, 0.15) is 0 Å².